The Balaban J connectivity index is 2.16. The minimum atomic E-state index is -5.00. The van der Waals surface area contributed by atoms with Crippen molar-refractivity contribution in [2.45, 2.75) is 26.1 Å². The lowest BCUT2D eigenvalue weighted by atomic mass is 10.0. The third-order valence-electron chi connectivity index (χ3n) is 4.19. The van der Waals surface area contributed by atoms with Gasteiger partial charge in [0.25, 0.3) is 5.69 Å². The van der Waals surface area contributed by atoms with E-state index >= 15 is 0 Å². The quantitative estimate of drug-likeness (QED) is 0.581. The number of nitrogens with zero attached hydrogens (tertiary/aromatic N) is 3. The van der Waals surface area contributed by atoms with Gasteiger partial charge in [-0.3, -0.25) is 24.3 Å². The fourth-order valence-corrected chi connectivity index (χ4v) is 3.17. The van der Waals surface area contributed by atoms with Gasteiger partial charge in [-0.15, -0.1) is 0 Å². The van der Waals surface area contributed by atoms with Crippen molar-refractivity contribution in [2.75, 3.05) is 6.54 Å². The van der Waals surface area contributed by atoms with Crippen molar-refractivity contribution in [3.05, 3.63) is 39.6 Å². The van der Waals surface area contributed by atoms with Crippen LogP contribution in [0.25, 0.3) is 10.9 Å². The Morgan fingerprint density at radius 2 is 1.96 bits per heavy atom. The summed E-state index contributed by atoms with van der Waals surface area (Å²) in [5, 5.41) is 11.5. The zero-order valence-electron chi connectivity index (χ0n) is 13.0. The van der Waals surface area contributed by atoms with Crippen LogP contribution in [0.1, 0.15) is 23.0 Å². The summed E-state index contributed by atoms with van der Waals surface area (Å²) in [5.41, 5.74) is 0.916. The molecule has 1 aromatic heterocycles. The number of hydrogen-bond acceptors (Lipinski definition) is 4. The number of hydrogen-bond donors (Lipinski definition) is 0. The van der Waals surface area contributed by atoms with Crippen LogP contribution in [0.15, 0.2) is 18.2 Å². The normalized spacial score (nSPS) is 14.5. The molecule has 2 aromatic rings. The molecule has 1 aliphatic rings. The lowest BCUT2D eigenvalue weighted by molar-refractivity contribution is -0.384. The molecule has 25 heavy (non-hydrogen) atoms. The lowest BCUT2D eigenvalue weighted by Crippen LogP contribution is -2.44. The molecule has 1 aromatic carbocycles. The monoisotopic (exact) mass is 355 g/mol. The van der Waals surface area contributed by atoms with Crippen molar-refractivity contribution >= 4 is 28.4 Å². The van der Waals surface area contributed by atoms with E-state index in [1.807, 2.05) is 0 Å². The second-order valence-corrected chi connectivity index (χ2v) is 5.71. The highest BCUT2D eigenvalue weighted by Crippen LogP contribution is 2.34. The van der Waals surface area contributed by atoms with Gasteiger partial charge in [0.2, 0.25) is 5.91 Å². The summed E-state index contributed by atoms with van der Waals surface area (Å²) < 4.78 is 39.2. The molecule has 1 aliphatic heterocycles. The van der Waals surface area contributed by atoms with Gasteiger partial charge in [-0.1, -0.05) is 0 Å². The molecular formula is C15H12F3N3O4. The molecule has 10 heteroatoms. The number of rotatable bonds is 1. The lowest BCUT2D eigenvalue weighted by Gasteiger charge is -2.28. The molecule has 3 rings (SSSR count). The number of halogens is 3. The van der Waals surface area contributed by atoms with Gasteiger partial charge in [0.15, 0.2) is 0 Å². The standard InChI is InChI=1S/C15H12F3N3O4/c1-8(22)20-12-6-9(21(24)25)2-3-10(12)11-4-5-19(7-13(11)20)14(23)15(16,17)18/h2-3,6H,4-5,7H2,1H3. The first-order valence-corrected chi connectivity index (χ1v) is 7.29. The van der Waals surface area contributed by atoms with E-state index in [1.54, 1.807) is 0 Å². The van der Waals surface area contributed by atoms with Crippen LogP contribution < -0.4 is 0 Å². The largest absolute Gasteiger partial charge is 0.471 e. The first-order chi connectivity index (χ1) is 11.6. The second kappa shape index (κ2) is 5.57. The maximum Gasteiger partial charge on any atom is 0.471 e. The van der Waals surface area contributed by atoms with E-state index in [4.69, 9.17) is 0 Å². The van der Waals surface area contributed by atoms with Gasteiger partial charge in [0, 0.05) is 36.7 Å². The van der Waals surface area contributed by atoms with Crippen molar-refractivity contribution in [3.63, 3.8) is 0 Å². The van der Waals surface area contributed by atoms with E-state index in [-0.39, 0.29) is 36.4 Å². The maximum absolute atomic E-state index is 12.7. The maximum atomic E-state index is 12.7. The molecule has 2 heterocycles. The number of amides is 1. The summed E-state index contributed by atoms with van der Waals surface area (Å²) in [7, 11) is 0. The number of aromatic nitrogens is 1. The Morgan fingerprint density at radius 3 is 2.52 bits per heavy atom. The highest BCUT2D eigenvalue weighted by Gasteiger charge is 2.44. The van der Waals surface area contributed by atoms with Gasteiger partial charge in [-0.2, -0.15) is 13.2 Å². The van der Waals surface area contributed by atoms with Crippen molar-refractivity contribution < 1.29 is 27.7 Å². The Morgan fingerprint density at radius 1 is 1.28 bits per heavy atom. The van der Waals surface area contributed by atoms with E-state index in [2.05, 4.69) is 0 Å². The molecule has 132 valence electrons. The summed E-state index contributed by atoms with van der Waals surface area (Å²) in [5.74, 6) is -2.46. The number of fused-ring (bicyclic) bond motifs is 3. The van der Waals surface area contributed by atoms with Crippen molar-refractivity contribution in [1.29, 1.82) is 0 Å². The summed E-state index contributed by atoms with van der Waals surface area (Å²) in [6.45, 7) is 0.693. The molecule has 0 fully saturated rings. The molecule has 0 saturated heterocycles. The van der Waals surface area contributed by atoms with Crippen molar-refractivity contribution in [1.82, 2.24) is 9.47 Å². The summed E-state index contributed by atoms with van der Waals surface area (Å²) in [6.07, 6.45) is -4.87. The molecule has 0 N–H and O–H groups in total. The molecule has 0 saturated carbocycles. The first-order valence-electron chi connectivity index (χ1n) is 7.29. The fourth-order valence-electron chi connectivity index (χ4n) is 3.17. The highest BCUT2D eigenvalue weighted by molar-refractivity contribution is 5.97. The smallest absolute Gasteiger partial charge is 0.329 e. The van der Waals surface area contributed by atoms with Gasteiger partial charge in [-0.25, -0.2) is 0 Å². The molecule has 0 unspecified atom stereocenters. The number of carbonyl (C=O) groups is 2. The molecule has 0 radical (unpaired) electrons. The van der Waals surface area contributed by atoms with E-state index < -0.39 is 22.9 Å². The Kier molecular flexibility index (Phi) is 3.77. The van der Waals surface area contributed by atoms with Crippen LogP contribution >= 0.6 is 0 Å². The van der Waals surface area contributed by atoms with Crippen LogP contribution in [0, 0.1) is 10.1 Å². The Hall–Kier alpha value is -2.91. The number of carbonyl (C=O) groups excluding carboxylic acids is 2. The summed E-state index contributed by atoms with van der Waals surface area (Å²) in [6, 6.07) is 3.97. The van der Waals surface area contributed by atoms with Crippen molar-refractivity contribution in [2.24, 2.45) is 0 Å². The van der Waals surface area contributed by atoms with Crippen LogP contribution in [-0.4, -0.2) is 38.9 Å². The third kappa shape index (κ3) is 2.73. The SMILES string of the molecule is CC(=O)n1c2c(c3ccc([N+](=O)[O-])cc31)CCN(C(=O)C(F)(F)F)C2. The average Bonchev–Trinajstić information content (AvgIpc) is 2.85. The molecule has 0 spiro atoms. The van der Waals surface area contributed by atoms with Crippen LogP contribution in [-0.2, 0) is 17.8 Å². The van der Waals surface area contributed by atoms with E-state index in [0.717, 1.165) is 4.57 Å². The van der Waals surface area contributed by atoms with Crippen molar-refractivity contribution in [3.8, 4) is 0 Å². The number of alkyl halides is 3. The fraction of sp³-hybridized carbons (Fsp3) is 0.333. The molecule has 7 nitrogen and oxygen atoms in total. The highest BCUT2D eigenvalue weighted by atomic mass is 19.4. The average molecular weight is 355 g/mol. The minimum absolute atomic E-state index is 0.131. The number of non-ortho nitro benzene ring substituents is 1. The molecule has 0 atom stereocenters. The zero-order valence-corrected chi connectivity index (χ0v) is 13.0. The summed E-state index contributed by atoms with van der Waals surface area (Å²) >= 11 is 0. The predicted octanol–water partition coefficient (Wildman–Crippen LogP) is 2.66. The predicted molar refractivity (Wildman–Crippen MR) is 80.1 cm³/mol. The van der Waals surface area contributed by atoms with E-state index in [0.29, 0.717) is 15.8 Å². The number of nitro groups is 1. The van der Waals surface area contributed by atoms with Crippen LogP contribution in [0.3, 0.4) is 0 Å². The second-order valence-electron chi connectivity index (χ2n) is 5.71. The minimum Gasteiger partial charge on any atom is -0.329 e. The zero-order chi connectivity index (χ0) is 18.5. The van der Waals surface area contributed by atoms with Crippen LogP contribution in [0.2, 0.25) is 0 Å². The van der Waals surface area contributed by atoms with Gasteiger partial charge >= 0.3 is 12.1 Å². The van der Waals surface area contributed by atoms with Crippen LogP contribution in [0.4, 0.5) is 18.9 Å². The molecule has 1 amide bonds. The molecule has 0 aliphatic carbocycles. The third-order valence-corrected chi connectivity index (χ3v) is 4.19. The van der Waals surface area contributed by atoms with Gasteiger partial charge in [0.05, 0.1) is 17.0 Å². The molecule has 0 bridgehead atoms. The summed E-state index contributed by atoms with van der Waals surface area (Å²) in [4.78, 5) is 34.5. The van der Waals surface area contributed by atoms with E-state index in [9.17, 15) is 32.9 Å². The first kappa shape index (κ1) is 16.9. The van der Waals surface area contributed by atoms with Gasteiger partial charge < -0.3 is 4.90 Å². The molecular weight excluding hydrogens is 343 g/mol. The Bertz CT molecular complexity index is 917. The van der Waals surface area contributed by atoms with E-state index in [1.165, 1.54) is 25.1 Å². The topological polar surface area (TPSA) is 85.4 Å². The number of nitro benzene ring substituents is 1. The van der Waals surface area contributed by atoms with Gasteiger partial charge in [0.1, 0.15) is 0 Å². The number of benzene rings is 1. The van der Waals surface area contributed by atoms with Crippen LogP contribution in [0.5, 0.6) is 0 Å². The van der Waals surface area contributed by atoms with Gasteiger partial charge in [-0.05, 0) is 18.1 Å². The Labute approximate surface area is 138 Å².